The van der Waals surface area contributed by atoms with Crippen LogP contribution in [0.1, 0.15) is 69.4 Å². The number of hydrogen-bond acceptors (Lipinski definition) is 2. The molecule has 51 heavy (non-hydrogen) atoms. The van der Waals surface area contributed by atoms with E-state index in [9.17, 15) is 0 Å². The molecule has 1 fully saturated rings. The van der Waals surface area contributed by atoms with E-state index in [0.717, 1.165) is 19.3 Å². The van der Waals surface area contributed by atoms with E-state index in [2.05, 4.69) is 169 Å². The molecule has 3 aromatic carbocycles. The molecule has 3 aromatic rings. The summed E-state index contributed by atoms with van der Waals surface area (Å²) in [4.78, 5) is 5.41. The lowest BCUT2D eigenvalue weighted by atomic mass is 9.76. The number of allylic oxidation sites excluding steroid dienone is 13. The van der Waals surface area contributed by atoms with Gasteiger partial charge in [-0.3, -0.25) is 0 Å². The van der Waals surface area contributed by atoms with Crippen molar-refractivity contribution in [2.75, 3.05) is 9.80 Å². The van der Waals surface area contributed by atoms with Crippen LogP contribution < -0.4 is 9.80 Å². The van der Waals surface area contributed by atoms with Gasteiger partial charge >= 0.3 is 0 Å². The minimum absolute atomic E-state index is 0.139. The molecular weight excluding hydrogens is 617 g/mol. The highest BCUT2D eigenvalue weighted by molar-refractivity contribution is 5.99. The Morgan fingerprint density at radius 1 is 0.745 bits per heavy atom. The third kappa shape index (κ3) is 4.97. The summed E-state index contributed by atoms with van der Waals surface area (Å²) in [7, 11) is 0. The number of hydrogen-bond donors (Lipinski definition) is 0. The number of benzene rings is 3. The molecule has 6 aliphatic carbocycles. The third-order valence-electron chi connectivity index (χ3n) is 13.2. The van der Waals surface area contributed by atoms with Crippen LogP contribution in [0.2, 0.25) is 0 Å². The predicted octanol–water partition coefficient (Wildman–Crippen LogP) is 11.9. The molecule has 0 amide bonds. The first-order chi connectivity index (χ1) is 25.1. The van der Waals surface area contributed by atoms with Crippen molar-refractivity contribution in [3.05, 3.63) is 174 Å². The quantitative estimate of drug-likeness (QED) is 0.251. The van der Waals surface area contributed by atoms with Gasteiger partial charge in [-0.2, -0.15) is 0 Å². The van der Waals surface area contributed by atoms with E-state index in [-0.39, 0.29) is 5.41 Å². The van der Waals surface area contributed by atoms with Crippen molar-refractivity contribution in [3.8, 4) is 0 Å². The second kappa shape index (κ2) is 12.2. The molecule has 2 heteroatoms. The molecule has 1 aliphatic heterocycles. The lowest BCUT2D eigenvalue weighted by molar-refractivity contribution is 0.391. The zero-order valence-electron chi connectivity index (χ0n) is 30.0. The van der Waals surface area contributed by atoms with Gasteiger partial charge in [-0.25, -0.2) is 0 Å². The molecule has 7 aliphatic rings. The van der Waals surface area contributed by atoms with Crippen LogP contribution in [0.3, 0.4) is 0 Å². The maximum atomic E-state index is 2.74. The molecule has 10 rings (SSSR count). The molecule has 6 unspecified atom stereocenters. The van der Waals surface area contributed by atoms with Crippen molar-refractivity contribution in [3.63, 3.8) is 0 Å². The van der Waals surface area contributed by atoms with Gasteiger partial charge in [-0.1, -0.05) is 153 Å². The summed E-state index contributed by atoms with van der Waals surface area (Å²) < 4.78 is 0. The van der Waals surface area contributed by atoms with Gasteiger partial charge in [0.2, 0.25) is 0 Å². The Labute approximate surface area is 303 Å². The Bertz CT molecular complexity index is 2180. The number of rotatable bonds is 5. The number of fused-ring (bicyclic) bond motifs is 8. The summed E-state index contributed by atoms with van der Waals surface area (Å²) in [6.45, 7) is 4.96. The normalized spacial score (nSPS) is 29.5. The Hall–Kier alpha value is -4.82. The van der Waals surface area contributed by atoms with Crippen LogP contribution >= 0.6 is 0 Å². The highest BCUT2D eigenvalue weighted by Gasteiger charge is 2.49. The van der Waals surface area contributed by atoms with Gasteiger partial charge in [-0.15, -0.1) is 0 Å². The highest BCUT2D eigenvalue weighted by Crippen LogP contribution is 2.59. The zero-order chi connectivity index (χ0) is 34.1. The molecule has 6 atom stereocenters. The molecule has 0 N–H and O–H groups in total. The largest absolute Gasteiger partial charge is 0.358 e. The van der Waals surface area contributed by atoms with Crippen LogP contribution in [0, 0.1) is 17.3 Å². The summed E-state index contributed by atoms with van der Waals surface area (Å²) in [5, 5.41) is 2.67. The van der Waals surface area contributed by atoms with Gasteiger partial charge in [0.1, 0.15) is 0 Å². The summed E-state index contributed by atoms with van der Waals surface area (Å²) in [5.74, 6) is 1.76. The van der Waals surface area contributed by atoms with Crippen molar-refractivity contribution in [2.45, 2.75) is 76.4 Å². The monoisotopic (exact) mass is 664 g/mol. The van der Waals surface area contributed by atoms with Gasteiger partial charge in [0.25, 0.3) is 0 Å². The highest BCUT2D eigenvalue weighted by atomic mass is 15.2. The molecular formula is C49H48N2. The molecule has 1 heterocycles. The topological polar surface area (TPSA) is 6.48 Å². The lowest BCUT2D eigenvalue weighted by Gasteiger charge is -2.42. The van der Waals surface area contributed by atoms with Crippen LogP contribution in [0.15, 0.2) is 163 Å². The fraction of sp³-hybridized carbons (Fsp3) is 0.306. The van der Waals surface area contributed by atoms with Crippen molar-refractivity contribution >= 4 is 27.7 Å². The van der Waals surface area contributed by atoms with Crippen LogP contribution in [0.5, 0.6) is 0 Å². The van der Waals surface area contributed by atoms with Gasteiger partial charge in [0.15, 0.2) is 0 Å². The molecule has 0 spiro atoms. The SMILES string of the molecule is CC1(C)C2=CC=CCC2C2CCC(N(c3ccc(C4=CCCC(N5c6c(ccc7ccccc67)C6C=CC=CC65)=C4)cc3)C3C=CC=CC3)C=C21. The van der Waals surface area contributed by atoms with Crippen LogP contribution in [0.4, 0.5) is 11.4 Å². The molecule has 0 aromatic heterocycles. The van der Waals surface area contributed by atoms with E-state index in [4.69, 9.17) is 0 Å². The first kappa shape index (κ1) is 31.0. The lowest BCUT2D eigenvalue weighted by Crippen LogP contribution is -2.44. The van der Waals surface area contributed by atoms with Crippen molar-refractivity contribution in [1.29, 1.82) is 0 Å². The van der Waals surface area contributed by atoms with E-state index >= 15 is 0 Å². The molecule has 254 valence electrons. The van der Waals surface area contributed by atoms with Crippen LogP contribution in [-0.2, 0) is 0 Å². The Morgan fingerprint density at radius 2 is 1.59 bits per heavy atom. The number of anilines is 2. The molecule has 0 bridgehead atoms. The van der Waals surface area contributed by atoms with Crippen molar-refractivity contribution < 1.29 is 0 Å². The maximum absolute atomic E-state index is 2.74. The first-order valence-electron chi connectivity index (χ1n) is 19.4. The van der Waals surface area contributed by atoms with E-state index < -0.39 is 0 Å². The molecule has 0 saturated heterocycles. The molecule has 0 radical (unpaired) electrons. The minimum atomic E-state index is 0.139. The standard InChI is InChI=1S/C49H48N2/c1-49(2)45-21-10-8-19-41(45)42-30-28-39(32-46(42)49)50(36-15-4-3-5-16-36)37-26-23-33(24-27-37)35-14-12-17-38(31-35)51-47-22-11-9-20-43(47)44-29-25-34-13-6-7-18-40(34)48(44)51/h3-11,13-15,18,20-27,29,31-32,36,39,41-43,47H,12,16-17,19,28,30H2,1-2H3. The molecule has 2 nitrogen and oxygen atoms in total. The summed E-state index contributed by atoms with van der Waals surface area (Å²) in [6, 6.07) is 24.3. The minimum Gasteiger partial charge on any atom is -0.358 e. The Morgan fingerprint density at radius 3 is 2.47 bits per heavy atom. The van der Waals surface area contributed by atoms with E-state index in [1.807, 2.05) is 0 Å². The van der Waals surface area contributed by atoms with Gasteiger partial charge in [0, 0.05) is 34.1 Å². The summed E-state index contributed by atoms with van der Waals surface area (Å²) in [5.41, 5.74) is 11.7. The van der Waals surface area contributed by atoms with Gasteiger partial charge in [0.05, 0.1) is 17.8 Å². The second-order valence-electron chi connectivity index (χ2n) is 16.2. The van der Waals surface area contributed by atoms with Gasteiger partial charge in [-0.05, 0) is 90.7 Å². The average Bonchev–Trinajstić information content (AvgIpc) is 3.65. The molecule has 1 saturated carbocycles. The average molecular weight is 665 g/mol. The fourth-order valence-electron chi connectivity index (χ4n) is 10.8. The van der Waals surface area contributed by atoms with Crippen LogP contribution in [0.25, 0.3) is 16.3 Å². The van der Waals surface area contributed by atoms with E-state index in [1.165, 1.54) is 63.8 Å². The Balaban J connectivity index is 0.981. The maximum Gasteiger partial charge on any atom is 0.0626 e. The second-order valence-corrected chi connectivity index (χ2v) is 16.2. The van der Waals surface area contributed by atoms with Crippen LogP contribution in [-0.4, -0.2) is 18.1 Å². The summed E-state index contributed by atoms with van der Waals surface area (Å²) in [6.07, 6.45) is 40.1. The summed E-state index contributed by atoms with van der Waals surface area (Å²) >= 11 is 0. The third-order valence-corrected chi connectivity index (χ3v) is 13.2. The van der Waals surface area contributed by atoms with Crippen molar-refractivity contribution in [1.82, 2.24) is 0 Å². The fourth-order valence-corrected chi connectivity index (χ4v) is 10.8. The Kier molecular flexibility index (Phi) is 7.38. The van der Waals surface area contributed by atoms with E-state index in [0.29, 0.717) is 35.9 Å². The number of nitrogens with zero attached hydrogens (tertiary/aromatic N) is 2. The van der Waals surface area contributed by atoms with Gasteiger partial charge < -0.3 is 9.80 Å². The van der Waals surface area contributed by atoms with Crippen molar-refractivity contribution in [2.24, 2.45) is 17.3 Å². The predicted molar refractivity (Wildman–Crippen MR) is 216 cm³/mol. The smallest absolute Gasteiger partial charge is 0.0626 e. The first-order valence-corrected chi connectivity index (χ1v) is 19.4. The zero-order valence-corrected chi connectivity index (χ0v) is 30.0. The van der Waals surface area contributed by atoms with E-state index in [1.54, 1.807) is 11.1 Å².